The molecule has 5 heteroatoms. The first-order chi connectivity index (χ1) is 10.7. The first kappa shape index (κ1) is 14.9. The van der Waals surface area contributed by atoms with Gasteiger partial charge in [-0.1, -0.05) is 19.3 Å². The molecule has 0 unspecified atom stereocenters. The van der Waals surface area contributed by atoms with E-state index in [2.05, 4.69) is 15.6 Å². The minimum atomic E-state index is -0.147. The van der Waals surface area contributed by atoms with Crippen molar-refractivity contribution in [3.05, 3.63) is 29.2 Å². The van der Waals surface area contributed by atoms with Gasteiger partial charge >= 0.3 is 0 Å². The molecule has 0 spiro atoms. The Balaban J connectivity index is 1.73. The average Bonchev–Trinajstić information content (AvgIpc) is 2.93. The standard InChI is InChI=1S/C17H23N3O2/c1-11-7-18-10-14(21)15-13(9-19-16(11)15)17(22)20-8-12-5-3-2-4-6-12/h7,9,12,18-19H,2-6,8,10H2,1H3,(H,20,22). The minimum Gasteiger partial charge on any atom is -0.383 e. The molecule has 1 aromatic rings. The Morgan fingerprint density at radius 1 is 1.32 bits per heavy atom. The molecule has 3 N–H and O–H groups in total. The second kappa shape index (κ2) is 6.38. The van der Waals surface area contributed by atoms with Crippen LogP contribution in [-0.2, 0) is 0 Å². The maximum atomic E-state index is 12.5. The summed E-state index contributed by atoms with van der Waals surface area (Å²) in [5.41, 5.74) is 2.66. The number of allylic oxidation sites excluding steroid dienone is 1. The Hall–Kier alpha value is -2.04. The highest BCUT2D eigenvalue weighted by atomic mass is 16.2. The van der Waals surface area contributed by atoms with Gasteiger partial charge in [-0.2, -0.15) is 0 Å². The van der Waals surface area contributed by atoms with Crippen molar-refractivity contribution in [3.8, 4) is 0 Å². The Morgan fingerprint density at radius 2 is 2.09 bits per heavy atom. The lowest BCUT2D eigenvalue weighted by Gasteiger charge is -2.21. The number of carbonyl (C=O) groups is 2. The lowest BCUT2D eigenvalue weighted by atomic mass is 9.89. The van der Waals surface area contributed by atoms with Crippen molar-refractivity contribution in [2.45, 2.75) is 39.0 Å². The topological polar surface area (TPSA) is 74.0 Å². The molecule has 2 aliphatic rings. The normalized spacial score (nSPS) is 19.0. The van der Waals surface area contributed by atoms with Gasteiger partial charge in [-0.15, -0.1) is 0 Å². The van der Waals surface area contributed by atoms with E-state index in [1.807, 2.05) is 13.1 Å². The van der Waals surface area contributed by atoms with Gasteiger partial charge in [0.2, 0.25) is 0 Å². The number of carbonyl (C=O) groups excluding carboxylic acids is 2. The number of amides is 1. The summed E-state index contributed by atoms with van der Waals surface area (Å²) in [5, 5.41) is 5.98. The van der Waals surface area contributed by atoms with Gasteiger partial charge in [0.05, 0.1) is 23.4 Å². The number of ketones is 1. The molecule has 2 heterocycles. The van der Waals surface area contributed by atoms with Crippen LogP contribution in [0, 0.1) is 5.92 Å². The second-order valence-electron chi connectivity index (χ2n) is 6.30. The van der Waals surface area contributed by atoms with Gasteiger partial charge in [-0.05, 0) is 31.3 Å². The summed E-state index contributed by atoms with van der Waals surface area (Å²) in [4.78, 5) is 27.8. The maximum absolute atomic E-state index is 12.5. The number of H-pyrrole nitrogens is 1. The molecule has 3 rings (SSSR count). The summed E-state index contributed by atoms with van der Waals surface area (Å²) in [5.74, 6) is 0.382. The molecular weight excluding hydrogens is 278 g/mol. The van der Waals surface area contributed by atoms with Crippen molar-refractivity contribution in [1.82, 2.24) is 15.6 Å². The molecule has 0 radical (unpaired) electrons. The fourth-order valence-electron chi connectivity index (χ4n) is 3.38. The predicted molar refractivity (Wildman–Crippen MR) is 85.7 cm³/mol. The molecule has 5 nitrogen and oxygen atoms in total. The molecule has 1 aromatic heterocycles. The van der Waals surface area contributed by atoms with E-state index in [-0.39, 0.29) is 18.2 Å². The molecule has 0 saturated heterocycles. The first-order valence-corrected chi connectivity index (χ1v) is 8.10. The lowest BCUT2D eigenvalue weighted by Crippen LogP contribution is -2.31. The molecule has 1 amide bonds. The van der Waals surface area contributed by atoms with Crippen LogP contribution in [0.15, 0.2) is 12.4 Å². The number of hydrogen-bond donors (Lipinski definition) is 3. The van der Waals surface area contributed by atoms with Crippen molar-refractivity contribution in [1.29, 1.82) is 0 Å². The average molecular weight is 301 g/mol. The Morgan fingerprint density at radius 3 is 2.86 bits per heavy atom. The van der Waals surface area contributed by atoms with E-state index in [0.717, 1.165) is 11.3 Å². The summed E-state index contributed by atoms with van der Waals surface area (Å²) in [6.07, 6.45) is 9.67. The maximum Gasteiger partial charge on any atom is 0.253 e. The van der Waals surface area contributed by atoms with Gasteiger partial charge in [-0.25, -0.2) is 0 Å². The third-order valence-corrected chi connectivity index (χ3v) is 4.66. The van der Waals surface area contributed by atoms with E-state index in [0.29, 0.717) is 23.6 Å². The molecule has 118 valence electrons. The molecule has 1 saturated carbocycles. The molecule has 1 fully saturated rings. The van der Waals surface area contributed by atoms with Gasteiger partial charge in [-0.3, -0.25) is 9.59 Å². The Kier molecular flexibility index (Phi) is 4.32. The van der Waals surface area contributed by atoms with Crippen LogP contribution in [0.3, 0.4) is 0 Å². The minimum absolute atomic E-state index is 0.0489. The van der Waals surface area contributed by atoms with E-state index in [4.69, 9.17) is 0 Å². The summed E-state index contributed by atoms with van der Waals surface area (Å²) in [6, 6.07) is 0. The zero-order valence-electron chi connectivity index (χ0n) is 13.0. The monoisotopic (exact) mass is 301 g/mol. The van der Waals surface area contributed by atoms with Gasteiger partial charge in [0, 0.05) is 18.9 Å². The molecule has 0 atom stereocenters. The molecule has 0 aromatic carbocycles. The van der Waals surface area contributed by atoms with Crippen molar-refractivity contribution >= 4 is 17.3 Å². The number of aromatic amines is 1. The van der Waals surface area contributed by atoms with Crippen LogP contribution in [0.4, 0.5) is 0 Å². The summed E-state index contributed by atoms with van der Waals surface area (Å²) >= 11 is 0. The molecule has 22 heavy (non-hydrogen) atoms. The van der Waals surface area contributed by atoms with Crippen molar-refractivity contribution in [2.75, 3.05) is 13.1 Å². The smallest absolute Gasteiger partial charge is 0.253 e. The van der Waals surface area contributed by atoms with Crippen LogP contribution in [0.25, 0.3) is 5.57 Å². The quantitative estimate of drug-likeness (QED) is 0.803. The van der Waals surface area contributed by atoms with Gasteiger partial charge < -0.3 is 15.6 Å². The van der Waals surface area contributed by atoms with Crippen molar-refractivity contribution < 1.29 is 9.59 Å². The van der Waals surface area contributed by atoms with Crippen LogP contribution in [0.2, 0.25) is 0 Å². The first-order valence-electron chi connectivity index (χ1n) is 8.10. The zero-order valence-corrected chi connectivity index (χ0v) is 13.0. The fourth-order valence-corrected chi connectivity index (χ4v) is 3.38. The summed E-state index contributed by atoms with van der Waals surface area (Å²) < 4.78 is 0. The number of rotatable bonds is 3. The third kappa shape index (κ3) is 2.93. The van der Waals surface area contributed by atoms with Crippen LogP contribution in [0.1, 0.15) is 65.4 Å². The third-order valence-electron chi connectivity index (χ3n) is 4.66. The highest BCUT2D eigenvalue weighted by molar-refractivity contribution is 6.12. The van der Waals surface area contributed by atoms with E-state index < -0.39 is 0 Å². The lowest BCUT2D eigenvalue weighted by molar-refractivity contribution is 0.0928. The van der Waals surface area contributed by atoms with Crippen LogP contribution in [-0.4, -0.2) is 29.8 Å². The van der Waals surface area contributed by atoms with E-state index in [9.17, 15) is 9.59 Å². The zero-order chi connectivity index (χ0) is 15.5. The van der Waals surface area contributed by atoms with E-state index in [1.54, 1.807) is 6.20 Å². The van der Waals surface area contributed by atoms with Gasteiger partial charge in [0.1, 0.15) is 0 Å². The van der Waals surface area contributed by atoms with Gasteiger partial charge in [0.25, 0.3) is 5.91 Å². The number of nitrogens with one attached hydrogen (secondary N) is 3. The highest BCUT2D eigenvalue weighted by Gasteiger charge is 2.25. The molecule has 0 bridgehead atoms. The Bertz CT molecular complexity index is 609. The largest absolute Gasteiger partial charge is 0.383 e. The van der Waals surface area contributed by atoms with Crippen molar-refractivity contribution in [2.24, 2.45) is 5.92 Å². The number of fused-ring (bicyclic) bond motifs is 1. The number of Topliss-reactive ketones (excluding diaryl/α,β-unsaturated/α-hetero) is 1. The van der Waals surface area contributed by atoms with E-state index >= 15 is 0 Å². The Labute approximate surface area is 130 Å². The van der Waals surface area contributed by atoms with Crippen molar-refractivity contribution in [3.63, 3.8) is 0 Å². The van der Waals surface area contributed by atoms with Crippen LogP contribution >= 0.6 is 0 Å². The molecule has 1 aliphatic heterocycles. The molecule has 1 aliphatic carbocycles. The predicted octanol–water partition coefficient (Wildman–Crippen LogP) is 2.47. The fraction of sp³-hybridized carbons (Fsp3) is 0.529. The summed E-state index contributed by atoms with van der Waals surface area (Å²) in [7, 11) is 0. The molecular formula is C17H23N3O2. The second-order valence-corrected chi connectivity index (χ2v) is 6.30. The van der Waals surface area contributed by atoms with Crippen LogP contribution < -0.4 is 10.6 Å². The number of aromatic nitrogens is 1. The summed E-state index contributed by atoms with van der Waals surface area (Å²) in [6.45, 7) is 2.86. The van der Waals surface area contributed by atoms with E-state index in [1.165, 1.54) is 32.1 Å². The highest BCUT2D eigenvalue weighted by Crippen LogP contribution is 2.25. The van der Waals surface area contributed by atoms with Gasteiger partial charge in [0.15, 0.2) is 5.78 Å². The van der Waals surface area contributed by atoms with Crippen LogP contribution in [0.5, 0.6) is 0 Å². The number of hydrogen-bond acceptors (Lipinski definition) is 3. The SMILES string of the molecule is CC1=CNCC(=O)c2c(C(=O)NCC3CCCCC3)c[nH]c21.